The number of ether oxygens (including phenoxy) is 1. The van der Waals surface area contributed by atoms with Crippen LogP contribution in [-0.4, -0.2) is 31.0 Å². The van der Waals surface area contributed by atoms with Crippen LogP contribution in [0.15, 0.2) is 42.9 Å². The van der Waals surface area contributed by atoms with E-state index in [2.05, 4.69) is 24.9 Å². The van der Waals surface area contributed by atoms with E-state index < -0.39 is 5.82 Å². The summed E-state index contributed by atoms with van der Waals surface area (Å²) in [5, 5.41) is 0.490. The number of nitrogens with one attached hydrogen (secondary N) is 1. The Morgan fingerprint density at radius 3 is 2.53 bits per heavy atom. The molecule has 0 spiro atoms. The summed E-state index contributed by atoms with van der Waals surface area (Å²) in [7, 11) is 0. The van der Waals surface area contributed by atoms with E-state index in [0.717, 1.165) is 18.4 Å². The molecule has 1 aliphatic rings. The van der Waals surface area contributed by atoms with E-state index in [9.17, 15) is 4.39 Å². The van der Waals surface area contributed by atoms with Gasteiger partial charge in [0.15, 0.2) is 5.65 Å². The van der Waals surface area contributed by atoms with Crippen molar-refractivity contribution in [1.82, 2.24) is 24.9 Å². The molecule has 0 unspecified atom stereocenters. The summed E-state index contributed by atoms with van der Waals surface area (Å²) in [6, 6.07) is 7.02. The van der Waals surface area contributed by atoms with Crippen LogP contribution in [0.1, 0.15) is 32.1 Å². The third kappa shape index (κ3) is 3.85. The molecule has 3 aromatic heterocycles. The van der Waals surface area contributed by atoms with E-state index in [1.165, 1.54) is 31.5 Å². The molecule has 1 aromatic carbocycles. The Labute approximate surface area is 177 Å². The number of H-pyrrole nitrogens is 1. The zero-order valence-corrected chi connectivity index (χ0v) is 16.9. The summed E-state index contributed by atoms with van der Waals surface area (Å²) in [6.07, 6.45) is 10.7. The van der Waals surface area contributed by atoms with Crippen LogP contribution in [0, 0.1) is 5.82 Å². The van der Waals surface area contributed by atoms with Gasteiger partial charge in [-0.2, -0.15) is 0 Å². The molecule has 1 N–H and O–H groups in total. The quantitative estimate of drug-likeness (QED) is 0.463. The van der Waals surface area contributed by atoms with Crippen LogP contribution < -0.4 is 4.74 Å². The highest BCUT2D eigenvalue weighted by Gasteiger charge is 2.16. The number of aromatic nitrogens is 5. The van der Waals surface area contributed by atoms with Crippen molar-refractivity contribution in [2.24, 2.45) is 0 Å². The normalized spacial score (nSPS) is 14.9. The van der Waals surface area contributed by atoms with Crippen molar-refractivity contribution in [2.75, 3.05) is 0 Å². The number of rotatable bonds is 4. The first-order valence-electron chi connectivity index (χ1n) is 9.96. The van der Waals surface area contributed by atoms with Crippen molar-refractivity contribution in [2.45, 2.75) is 38.2 Å². The topological polar surface area (TPSA) is 76.6 Å². The van der Waals surface area contributed by atoms with Gasteiger partial charge in [0.2, 0.25) is 0 Å². The van der Waals surface area contributed by atoms with E-state index in [-0.39, 0.29) is 6.10 Å². The van der Waals surface area contributed by atoms with Crippen LogP contribution in [0.2, 0.25) is 5.02 Å². The molecule has 0 saturated heterocycles. The summed E-state index contributed by atoms with van der Waals surface area (Å²) in [4.78, 5) is 20.2. The van der Waals surface area contributed by atoms with Gasteiger partial charge in [0.1, 0.15) is 17.7 Å². The van der Waals surface area contributed by atoms with Gasteiger partial charge in [-0.05, 0) is 49.4 Å². The largest absolute Gasteiger partial charge is 0.460 e. The van der Waals surface area contributed by atoms with Crippen molar-refractivity contribution in [1.29, 1.82) is 0 Å². The second-order valence-corrected chi connectivity index (χ2v) is 7.87. The third-order valence-electron chi connectivity index (χ3n) is 5.31. The van der Waals surface area contributed by atoms with Gasteiger partial charge in [-0.25, -0.2) is 24.3 Å². The highest BCUT2D eigenvalue weighted by Crippen LogP contribution is 2.28. The molecule has 0 atom stereocenters. The van der Waals surface area contributed by atoms with Gasteiger partial charge in [0, 0.05) is 24.2 Å². The number of hydrogen-bond donors (Lipinski definition) is 1. The molecule has 0 aliphatic heterocycles. The summed E-state index contributed by atoms with van der Waals surface area (Å²) in [6.45, 7) is 0. The fourth-order valence-corrected chi connectivity index (χ4v) is 3.90. The Hall–Kier alpha value is -3.06. The summed E-state index contributed by atoms with van der Waals surface area (Å²) >= 11 is 5.95. The van der Waals surface area contributed by atoms with E-state index in [1.807, 2.05) is 6.07 Å². The SMILES string of the molecule is Fc1cc(-c2cnc(OC3CCCCC3)nc2)ccc1-c1nc2ncc(Cl)cc2[nH]1. The molecule has 0 amide bonds. The average Bonchev–Trinajstić information content (AvgIpc) is 3.18. The fraction of sp³-hybridized carbons (Fsp3) is 0.273. The van der Waals surface area contributed by atoms with Crippen molar-refractivity contribution >= 4 is 22.8 Å². The Morgan fingerprint density at radius 1 is 0.967 bits per heavy atom. The minimum Gasteiger partial charge on any atom is -0.460 e. The van der Waals surface area contributed by atoms with Crippen LogP contribution >= 0.6 is 11.6 Å². The first kappa shape index (κ1) is 18.9. The molecular formula is C22H19ClFN5O. The number of imidazole rings is 1. The molecule has 3 heterocycles. The maximum atomic E-state index is 14.8. The molecule has 6 nitrogen and oxygen atoms in total. The maximum absolute atomic E-state index is 14.8. The van der Waals surface area contributed by atoms with Crippen molar-refractivity contribution in [3.8, 4) is 28.5 Å². The molecule has 0 radical (unpaired) electrons. The third-order valence-corrected chi connectivity index (χ3v) is 5.52. The number of halogens is 2. The molecule has 1 fully saturated rings. The Balaban J connectivity index is 1.37. The molecule has 0 bridgehead atoms. The van der Waals surface area contributed by atoms with Crippen LogP contribution in [-0.2, 0) is 0 Å². The second kappa shape index (κ2) is 7.99. The minimum absolute atomic E-state index is 0.189. The lowest BCUT2D eigenvalue weighted by molar-refractivity contribution is 0.142. The van der Waals surface area contributed by atoms with Gasteiger partial charge >= 0.3 is 6.01 Å². The summed E-state index contributed by atoms with van der Waals surface area (Å²) in [5.74, 6) is -0.00326. The number of benzene rings is 1. The number of aromatic amines is 1. The molecule has 152 valence electrons. The van der Waals surface area contributed by atoms with Crippen LogP contribution in [0.4, 0.5) is 4.39 Å². The Bertz CT molecular complexity index is 1190. The molecular weight excluding hydrogens is 405 g/mol. The molecule has 5 rings (SSSR count). The molecule has 30 heavy (non-hydrogen) atoms. The highest BCUT2D eigenvalue weighted by molar-refractivity contribution is 6.31. The van der Waals surface area contributed by atoms with E-state index in [0.29, 0.717) is 39.1 Å². The van der Waals surface area contributed by atoms with E-state index >= 15 is 0 Å². The Morgan fingerprint density at radius 2 is 1.77 bits per heavy atom. The monoisotopic (exact) mass is 423 g/mol. The maximum Gasteiger partial charge on any atom is 0.316 e. The average molecular weight is 424 g/mol. The van der Waals surface area contributed by atoms with Crippen LogP contribution in [0.5, 0.6) is 6.01 Å². The van der Waals surface area contributed by atoms with E-state index in [1.54, 1.807) is 24.5 Å². The summed E-state index contributed by atoms with van der Waals surface area (Å²) in [5.41, 5.74) is 2.89. The number of nitrogens with zero attached hydrogens (tertiary/aromatic N) is 4. The lowest BCUT2D eigenvalue weighted by atomic mass is 9.98. The molecule has 4 aromatic rings. The zero-order chi connectivity index (χ0) is 20.5. The van der Waals surface area contributed by atoms with Gasteiger partial charge in [0.05, 0.1) is 16.1 Å². The number of fused-ring (bicyclic) bond motifs is 1. The minimum atomic E-state index is -0.403. The molecule has 1 saturated carbocycles. The predicted octanol–water partition coefficient (Wildman–Crippen LogP) is 5.59. The smallest absolute Gasteiger partial charge is 0.316 e. The van der Waals surface area contributed by atoms with Gasteiger partial charge in [0.25, 0.3) is 0 Å². The molecule has 8 heteroatoms. The number of hydrogen-bond acceptors (Lipinski definition) is 5. The molecule has 1 aliphatic carbocycles. The highest BCUT2D eigenvalue weighted by atomic mass is 35.5. The number of pyridine rings is 1. The van der Waals surface area contributed by atoms with Crippen LogP contribution in [0.25, 0.3) is 33.7 Å². The van der Waals surface area contributed by atoms with Gasteiger partial charge in [-0.15, -0.1) is 0 Å². The fourth-order valence-electron chi connectivity index (χ4n) is 3.75. The summed E-state index contributed by atoms with van der Waals surface area (Å²) < 4.78 is 20.7. The second-order valence-electron chi connectivity index (χ2n) is 7.44. The van der Waals surface area contributed by atoms with Crippen molar-refractivity contribution in [3.05, 3.63) is 53.7 Å². The van der Waals surface area contributed by atoms with Gasteiger partial charge in [-0.3, -0.25) is 0 Å². The zero-order valence-electron chi connectivity index (χ0n) is 16.1. The predicted molar refractivity (Wildman–Crippen MR) is 113 cm³/mol. The van der Waals surface area contributed by atoms with Crippen LogP contribution in [0.3, 0.4) is 0 Å². The van der Waals surface area contributed by atoms with Crippen molar-refractivity contribution < 1.29 is 9.13 Å². The lowest BCUT2D eigenvalue weighted by Crippen LogP contribution is -2.20. The lowest BCUT2D eigenvalue weighted by Gasteiger charge is -2.21. The first-order chi connectivity index (χ1) is 14.7. The van der Waals surface area contributed by atoms with Gasteiger partial charge < -0.3 is 9.72 Å². The van der Waals surface area contributed by atoms with Gasteiger partial charge in [-0.1, -0.05) is 24.1 Å². The standard InChI is InChI=1S/C22H19ClFN5O/c23-15-9-19-21(25-12-15)29-20(28-19)17-7-6-13(8-18(17)24)14-10-26-22(27-11-14)30-16-4-2-1-3-5-16/h6-12,16H,1-5H2,(H,25,28,29). The Kier molecular flexibility index (Phi) is 5.04. The van der Waals surface area contributed by atoms with E-state index in [4.69, 9.17) is 16.3 Å². The van der Waals surface area contributed by atoms with Crippen molar-refractivity contribution in [3.63, 3.8) is 0 Å². The first-order valence-corrected chi connectivity index (χ1v) is 10.3.